The molecule has 1 atom stereocenters. The summed E-state index contributed by atoms with van der Waals surface area (Å²) in [5, 5.41) is 12.3. The number of hydrogen-bond donors (Lipinski definition) is 2. The number of carbonyl (C=O) groups is 1. The summed E-state index contributed by atoms with van der Waals surface area (Å²) in [7, 11) is 1.59. The van der Waals surface area contributed by atoms with Crippen molar-refractivity contribution in [1.29, 1.82) is 0 Å². The van der Waals surface area contributed by atoms with Crippen LogP contribution in [0.2, 0.25) is 0 Å². The molecule has 0 aromatic heterocycles. The topological polar surface area (TPSA) is 67.8 Å². The van der Waals surface area contributed by atoms with Gasteiger partial charge in [0.25, 0.3) is 0 Å². The zero-order chi connectivity index (χ0) is 16.7. The van der Waals surface area contributed by atoms with E-state index < -0.39 is 12.0 Å². The van der Waals surface area contributed by atoms with E-state index in [9.17, 15) is 9.90 Å². The molecule has 0 fully saturated rings. The summed E-state index contributed by atoms with van der Waals surface area (Å²) >= 11 is 3.46. The van der Waals surface area contributed by atoms with Crippen LogP contribution in [0.5, 0.6) is 11.5 Å². The van der Waals surface area contributed by atoms with Crippen molar-refractivity contribution in [2.45, 2.75) is 39.8 Å². The Labute approximate surface area is 140 Å². The van der Waals surface area contributed by atoms with Gasteiger partial charge in [0, 0.05) is 6.54 Å². The molecule has 124 valence electrons. The molecule has 0 bridgehead atoms. The van der Waals surface area contributed by atoms with Gasteiger partial charge < -0.3 is 19.9 Å². The Morgan fingerprint density at radius 1 is 1.41 bits per heavy atom. The normalized spacial score (nSPS) is 12.3. The summed E-state index contributed by atoms with van der Waals surface area (Å²) in [6.45, 7) is 6.90. The zero-order valence-corrected chi connectivity index (χ0v) is 15.1. The molecular weight excluding hydrogens is 350 g/mol. The molecule has 0 heterocycles. The van der Waals surface area contributed by atoms with E-state index in [2.05, 4.69) is 21.2 Å². The van der Waals surface area contributed by atoms with Gasteiger partial charge in [-0.3, -0.25) is 4.79 Å². The first-order valence-corrected chi connectivity index (χ1v) is 8.13. The highest BCUT2D eigenvalue weighted by Gasteiger charge is 2.19. The first kappa shape index (κ1) is 18.8. The maximum atomic E-state index is 11.3. The highest BCUT2D eigenvalue weighted by Crippen LogP contribution is 2.36. The van der Waals surface area contributed by atoms with Crippen LogP contribution in [0.4, 0.5) is 0 Å². The highest BCUT2D eigenvalue weighted by atomic mass is 79.9. The van der Waals surface area contributed by atoms with E-state index in [1.807, 2.05) is 32.9 Å². The van der Waals surface area contributed by atoms with E-state index in [0.29, 0.717) is 37.0 Å². The largest absolute Gasteiger partial charge is 0.492 e. The maximum absolute atomic E-state index is 11.3. The van der Waals surface area contributed by atoms with Gasteiger partial charge in [-0.1, -0.05) is 13.8 Å². The van der Waals surface area contributed by atoms with Crippen LogP contribution in [-0.2, 0) is 11.3 Å². The lowest BCUT2D eigenvalue weighted by Crippen LogP contribution is -2.37. The lowest BCUT2D eigenvalue weighted by atomic mass is 10.0. The molecule has 2 N–H and O–H groups in total. The summed E-state index contributed by atoms with van der Waals surface area (Å²) in [5.74, 6) is 0.774. The molecule has 6 heteroatoms. The van der Waals surface area contributed by atoms with Crippen molar-refractivity contribution in [3.63, 3.8) is 0 Å². The summed E-state index contributed by atoms with van der Waals surface area (Å²) in [6, 6.07) is 3.22. The quantitative estimate of drug-likeness (QED) is 0.693. The second-order valence-electron chi connectivity index (χ2n) is 5.44. The number of methoxy groups -OCH3 is 1. The van der Waals surface area contributed by atoms with Gasteiger partial charge in [-0.2, -0.15) is 0 Å². The Kier molecular flexibility index (Phi) is 7.68. The van der Waals surface area contributed by atoms with Crippen LogP contribution >= 0.6 is 15.9 Å². The van der Waals surface area contributed by atoms with Gasteiger partial charge in [-0.25, -0.2) is 0 Å². The number of aliphatic carboxylic acids is 1. The molecule has 1 rings (SSSR count). The first-order chi connectivity index (χ1) is 10.4. The molecule has 0 spiro atoms. The second kappa shape index (κ2) is 9.00. The van der Waals surface area contributed by atoms with Crippen LogP contribution in [-0.4, -0.2) is 30.8 Å². The number of carboxylic acid groups (broad SMARTS) is 1. The third-order valence-corrected chi connectivity index (χ3v) is 3.72. The standard InChI is InChI=1S/C16H24BrNO4/c1-5-22-14-8-11(7-12(17)15(14)21-4)9-18-13(16(19)20)6-10(2)3/h7-8,10,13,18H,5-6,9H2,1-4H3,(H,19,20)/t13-/m1/s1. The molecule has 1 aromatic rings. The molecule has 0 aliphatic rings. The van der Waals surface area contributed by atoms with Gasteiger partial charge in [0.2, 0.25) is 0 Å². The second-order valence-corrected chi connectivity index (χ2v) is 6.30. The van der Waals surface area contributed by atoms with Gasteiger partial charge in [-0.05, 0) is 52.9 Å². The number of rotatable bonds is 9. The molecule has 0 radical (unpaired) electrons. The van der Waals surface area contributed by atoms with Crippen molar-refractivity contribution in [1.82, 2.24) is 5.32 Å². The van der Waals surface area contributed by atoms with Gasteiger partial charge in [-0.15, -0.1) is 0 Å². The summed E-state index contributed by atoms with van der Waals surface area (Å²) in [4.78, 5) is 11.3. The van der Waals surface area contributed by atoms with Crippen LogP contribution in [0.1, 0.15) is 32.8 Å². The van der Waals surface area contributed by atoms with Gasteiger partial charge >= 0.3 is 5.97 Å². The third kappa shape index (κ3) is 5.50. The van der Waals surface area contributed by atoms with Crippen LogP contribution in [0.15, 0.2) is 16.6 Å². The zero-order valence-electron chi connectivity index (χ0n) is 13.5. The molecule has 0 saturated carbocycles. The Morgan fingerprint density at radius 2 is 2.09 bits per heavy atom. The van der Waals surface area contributed by atoms with E-state index in [1.54, 1.807) is 7.11 Å². The minimum atomic E-state index is -0.827. The Morgan fingerprint density at radius 3 is 2.59 bits per heavy atom. The summed E-state index contributed by atoms with van der Waals surface area (Å²) in [5.41, 5.74) is 0.936. The lowest BCUT2D eigenvalue weighted by molar-refractivity contribution is -0.140. The SMILES string of the molecule is CCOc1cc(CN[C@H](CC(C)C)C(=O)O)cc(Br)c1OC. The molecule has 1 aromatic carbocycles. The van der Waals surface area contributed by atoms with Crippen LogP contribution in [0.3, 0.4) is 0 Å². The number of carboxylic acids is 1. The van der Waals surface area contributed by atoms with Crippen molar-refractivity contribution in [3.8, 4) is 11.5 Å². The number of halogens is 1. The van der Waals surface area contributed by atoms with Crippen LogP contribution in [0.25, 0.3) is 0 Å². The van der Waals surface area contributed by atoms with E-state index >= 15 is 0 Å². The molecule has 0 amide bonds. The fourth-order valence-electron chi connectivity index (χ4n) is 2.17. The Balaban J connectivity index is 2.86. The predicted octanol–water partition coefficient (Wildman–Crippen LogP) is 3.45. The minimum Gasteiger partial charge on any atom is -0.492 e. The molecule has 0 unspecified atom stereocenters. The molecule has 0 saturated heterocycles. The number of nitrogens with one attached hydrogen (secondary N) is 1. The molecule has 0 aliphatic carbocycles. The van der Waals surface area contributed by atoms with E-state index in [4.69, 9.17) is 9.47 Å². The van der Waals surface area contributed by atoms with Crippen molar-refractivity contribution in [3.05, 3.63) is 22.2 Å². The van der Waals surface area contributed by atoms with Gasteiger partial charge in [0.05, 0.1) is 18.2 Å². The molecule has 5 nitrogen and oxygen atoms in total. The Hall–Kier alpha value is -1.27. The molecule has 22 heavy (non-hydrogen) atoms. The number of benzene rings is 1. The number of hydrogen-bond acceptors (Lipinski definition) is 4. The average molecular weight is 374 g/mol. The van der Waals surface area contributed by atoms with Crippen molar-refractivity contribution < 1.29 is 19.4 Å². The smallest absolute Gasteiger partial charge is 0.320 e. The van der Waals surface area contributed by atoms with Crippen molar-refractivity contribution in [2.24, 2.45) is 5.92 Å². The third-order valence-electron chi connectivity index (χ3n) is 3.13. The van der Waals surface area contributed by atoms with E-state index in [-0.39, 0.29) is 0 Å². The van der Waals surface area contributed by atoms with Gasteiger partial charge in [0.15, 0.2) is 11.5 Å². The van der Waals surface area contributed by atoms with Crippen molar-refractivity contribution >= 4 is 21.9 Å². The molecule has 0 aliphatic heterocycles. The number of ether oxygens (including phenoxy) is 2. The monoisotopic (exact) mass is 373 g/mol. The average Bonchev–Trinajstić information content (AvgIpc) is 2.43. The van der Waals surface area contributed by atoms with Crippen LogP contribution < -0.4 is 14.8 Å². The van der Waals surface area contributed by atoms with E-state index in [1.165, 1.54) is 0 Å². The minimum absolute atomic E-state index is 0.315. The molecular formula is C16H24BrNO4. The fourth-order valence-corrected chi connectivity index (χ4v) is 2.82. The van der Waals surface area contributed by atoms with Crippen molar-refractivity contribution in [2.75, 3.05) is 13.7 Å². The summed E-state index contributed by atoms with van der Waals surface area (Å²) in [6.07, 6.45) is 0.588. The summed E-state index contributed by atoms with van der Waals surface area (Å²) < 4.78 is 11.7. The van der Waals surface area contributed by atoms with E-state index in [0.717, 1.165) is 10.0 Å². The lowest BCUT2D eigenvalue weighted by Gasteiger charge is -2.18. The first-order valence-electron chi connectivity index (χ1n) is 7.34. The highest BCUT2D eigenvalue weighted by molar-refractivity contribution is 9.10. The van der Waals surface area contributed by atoms with Gasteiger partial charge in [0.1, 0.15) is 6.04 Å². The Bertz CT molecular complexity index is 505. The predicted molar refractivity (Wildman–Crippen MR) is 89.6 cm³/mol. The fraction of sp³-hybridized carbons (Fsp3) is 0.562. The maximum Gasteiger partial charge on any atom is 0.320 e. The van der Waals surface area contributed by atoms with Crippen LogP contribution in [0, 0.1) is 5.92 Å².